The molecule has 1 atom stereocenters. The van der Waals surface area contributed by atoms with Gasteiger partial charge in [0, 0.05) is 12.4 Å². The normalized spacial score (nSPS) is 10.2. The number of nitrogens with one attached hydrogen (secondary N) is 1. The Hall–Kier alpha value is -0.290. The van der Waals surface area contributed by atoms with E-state index in [4.69, 9.17) is 5.11 Å². The number of aliphatic hydroxyl groups excluding tert-OH is 1. The molecule has 62 valence electrons. The quantitative estimate of drug-likeness (QED) is 0.433. The van der Waals surface area contributed by atoms with Gasteiger partial charge in [-0.2, -0.15) is 0 Å². The van der Waals surface area contributed by atoms with E-state index in [0.29, 0.717) is 0 Å². The summed E-state index contributed by atoms with van der Waals surface area (Å²) >= 11 is 0. The van der Waals surface area contributed by atoms with Gasteiger partial charge in [-0.15, -0.1) is 0 Å². The molecule has 1 aromatic heterocycles. The Bertz CT molecular complexity index is 169. The van der Waals surface area contributed by atoms with Gasteiger partial charge >= 0.3 is 29.6 Å². The third kappa shape index (κ3) is 9.71. The van der Waals surface area contributed by atoms with E-state index in [-0.39, 0.29) is 29.6 Å². The van der Waals surface area contributed by atoms with Crippen LogP contribution in [0.4, 0.5) is 0 Å². The number of rotatable bonds is 1. The van der Waals surface area contributed by atoms with Crippen molar-refractivity contribution < 1.29 is 44.6 Å². The molecule has 0 aliphatic heterocycles. The van der Waals surface area contributed by atoms with Crippen molar-refractivity contribution in [1.82, 2.24) is 4.98 Å². The second kappa shape index (κ2) is 8.80. The molecule has 12 heavy (non-hydrogen) atoms. The molecule has 0 fully saturated rings. The number of carboxylic acids is 1. The van der Waals surface area contributed by atoms with Crippen LogP contribution in [0.25, 0.3) is 0 Å². The molecule has 0 aliphatic carbocycles. The topological polar surface area (TPSA) is 76.2 Å². The number of carbonyl (C=O) groups excluding carboxylic acids is 1. The van der Waals surface area contributed by atoms with E-state index in [0.717, 1.165) is 6.92 Å². The van der Waals surface area contributed by atoms with Crippen LogP contribution in [-0.4, -0.2) is 22.2 Å². The molecule has 0 radical (unpaired) electrons. The third-order valence-corrected chi connectivity index (χ3v) is 0.837. The number of aromatic amines is 1. The fraction of sp³-hybridized carbons (Fsp3) is 0.286. The number of hydrogen-bond acceptors (Lipinski definition) is 3. The summed E-state index contributed by atoms with van der Waals surface area (Å²) in [6.07, 6.45) is 2.41. The van der Waals surface area contributed by atoms with Crippen LogP contribution in [-0.2, 0) is 4.79 Å². The van der Waals surface area contributed by atoms with Crippen molar-refractivity contribution >= 4 is 5.97 Å². The largest absolute Gasteiger partial charge is 1.00 e. The van der Waals surface area contributed by atoms with Crippen LogP contribution in [0.1, 0.15) is 6.92 Å². The van der Waals surface area contributed by atoms with Gasteiger partial charge in [-0.1, -0.05) is 0 Å². The third-order valence-electron chi connectivity index (χ3n) is 0.837. The second-order valence-electron chi connectivity index (χ2n) is 1.88. The zero-order valence-electron chi connectivity index (χ0n) is 7.15. The van der Waals surface area contributed by atoms with Crippen LogP contribution >= 0.6 is 0 Å². The fourth-order valence-electron chi connectivity index (χ4n) is 0.278. The Labute approximate surface area is 92.9 Å². The first kappa shape index (κ1) is 14.2. The SMILES string of the molecule is CC(O)C(=O)[O-].[Na+].c1cc[nH]c1. The number of aliphatic hydroxyl groups is 1. The van der Waals surface area contributed by atoms with Crippen LogP contribution in [0.5, 0.6) is 0 Å². The summed E-state index contributed by atoms with van der Waals surface area (Å²) < 4.78 is 0. The molecule has 0 aromatic carbocycles. The summed E-state index contributed by atoms with van der Waals surface area (Å²) in [7, 11) is 0. The minimum atomic E-state index is -1.44. The minimum absolute atomic E-state index is 0. The maximum absolute atomic E-state index is 9.34. The predicted octanol–water partition coefficient (Wildman–Crippen LogP) is -3.86. The van der Waals surface area contributed by atoms with Gasteiger partial charge < -0.3 is 20.0 Å². The number of H-pyrrole nitrogens is 1. The molecule has 0 spiro atoms. The molecule has 0 saturated heterocycles. The van der Waals surface area contributed by atoms with E-state index < -0.39 is 12.1 Å². The summed E-state index contributed by atoms with van der Waals surface area (Å²) in [5, 5.41) is 17.3. The van der Waals surface area contributed by atoms with Gasteiger partial charge in [0.25, 0.3) is 0 Å². The zero-order chi connectivity index (χ0) is 8.69. The van der Waals surface area contributed by atoms with E-state index in [1.54, 1.807) is 0 Å². The van der Waals surface area contributed by atoms with Gasteiger partial charge in [-0.3, -0.25) is 0 Å². The summed E-state index contributed by atoms with van der Waals surface area (Å²) in [4.78, 5) is 12.2. The number of carboxylic acid groups (broad SMARTS) is 1. The number of aliphatic carboxylic acids is 1. The molecular weight excluding hydrogens is 169 g/mol. The summed E-state index contributed by atoms with van der Waals surface area (Å²) in [5.41, 5.74) is 0. The van der Waals surface area contributed by atoms with Gasteiger partial charge in [0.05, 0.1) is 12.1 Å². The van der Waals surface area contributed by atoms with Gasteiger partial charge in [-0.05, 0) is 19.1 Å². The molecule has 1 heterocycles. The molecule has 4 nitrogen and oxygen atoms in total. The van der Waals surface area contributed by atoms with Crippen LogP contribution in [0.2, 0.25) is 0 Å². The smallest absolute Gasteiger partial charge is 0.547 e. The Morgan fingerprint density at radius 3 is 1.92 bits per heavy atom. The molecule has 0 bridgehead atoms. The number of hydrogen-bond donors (Lipinski definition) is 2. The average Bonchev–Trinajstić information content (AvgIpc) is 2.41. The van der Waals surface area contributed by atoms with Gasteiger partial charge in [-0.25, -0.2) is 0 Å². The Balaban J connectivity index is 0. The minimum Gasteiger partial charge on any atom is -0.547 e. The second-order valence-corrected chi connectivity index (χ2v) is 1.88. The van der Waals surface area contributed by atoms with Crippen LogP contribution in [0.3, 0.4) is 0 Å². The molecule has 2 N–H and O–H groups in total. The number of aromatic nitrogens is 1. The number of carbonyl (C=O) groups is 1. The molecule has 0 saturated carbocycles. The molecule has 5 heteroatoms. The van der Waals surface area contributed by atoms with E-state index >= 15 is 0 Å². The molecular formula is C7H10NNaO3. The Kier molecular flexibility index (Phi) is 10.5. The Morgan fingerprint density at radius 2 is 1.83 bits per heavy atom. The van der Waals surface area contributed by atoms with E-state index in [1.165, 1.54) is 0 Å². The first-order chi connectivity index (χ1) is 5.14. The van der Waals surface area contributed by atoms with Crippen molar-refractivity contribution in [3.8, 4) is 0 Å². The molecule has 1 rings (SSSR count). The molecule has 0 amide bonds. The van der Waals surface area contributed by atoms with Crippen LogP contribution in [0, 0.1) is 0 Å². The monoisotopic (exact) mass is 179 g/mol. The van der Waals surface area contributed by atoms with Crippen LogP contribution < -0.4 is 34.7 Å². The van der Waals surface area contributed by atoms with Crippen molar-refractivity contribution in [1.29, 1.82) is 0 Å². The Morgan fingerprint density at radius 1 is 1.50 bits per heavy atom. The van der Waals surface area contributed by atoms with Gasteiger partial charge in [0.1, 0.15) is 0 Å². The van der Waals surface area contributed by atoms with Gasteiger partial charge in [0.2, 0.25) is 0 Å². The molecule has 1 unspecified atom stereocenters. The van der Waals surface area contributed by atoms with Crippen molar-refractivity contribution in [3.05, 3.63) is 24.5 Å². The summed E-state index contributed by atoms with van der Waals surface area (Å²) in [5.74, 6) is -1.44. The summed E-state index contributed by atoms with van der Waals surface area (Å²) in [6.45, 7) is 1.13. The fourth-order valence-corrected chi connectivity index (χ4v) is 0.278. The van der Waals surface area contributed by atoms with E-state index in [1.807, 2.05) is 24.5 Å². The first-order valence-electron chi connectivity index (χ1n) is 3.11. The maximum Gasteiger partial charge on any atom is 1.00 e. The van der Waals surface area contributed by atoms with Crippen molar-refractivity contribution in [2.24, 2.45) is 0 Å². The standard InChI is InChI=1S/C4H5N.C3H6O3.Na/c1-2-4-5-3-1;1-2(4)3(5)6;/h1-5H;2,4H,1H3,(H,5,6);/q;;+1/p-1. The zero-order valence-corrected chi connectivity index (χ0v) is 9.15. The molecule has 1 aromatic rings. The predicted molar refractivity (Wildman–Crippen MR) is 37.5 cm³/mol. The van der Waals surface area contributed by atoms with E-state index in [9.17, 15) is 9.90 Å². The van der Waals surface area contributed by atoms with Gasteiger partial charge in [0.15, 0.2) is 0 Å². The van der Waals surface area contributed by atoms with Crippen molar-refractivity contribution in [2.75, 3.05) is 0 Å². The molecule has 0 aliphatic rings. The van der Waals surface area contributed by atoms with E-state index in [2.05, 4.69) is 4.98 Å². The van der Waals surface area contributed by atoms with Crippen molar-refractivity contribution in [3.63, 3.8) is 0 Å². The average molecular weight is 179 g/mol. The van der Waals surface area contributed by atoms with Crippen LogP contribution in [0.15, 0.2) is 24.5 Å². The summed E-state index contributed by atoms with van der Waals surface area (Å²) in [6, 6.07) is 3.89. The first-order valence-corrected chi connectivity index (χ1v) is 3.11. The maximum atomic E-state index is 9.34. The van der Waals surface area contributed by atoms with Crippen molar-refractivity contribution in [2.45, 2.75) is 13.0 Å².